The maximum absolute atomic E-state index is 11.7. The second kappa shape index (κ2) is 8.24. The van der Waals surface area contributed by atoms with Crippen LogP contribution < -0.4 is 5.32 Å². The molecule has 1 aromatic carbocycles. The van der Waals surface area contributed by atoms with Crippen LogP contribution in [0, 0.1) is 0 Å². The molecule has 5 nitrogen and oxygen atoms in total. The van der Waals surface area contributed by atoms with E-state index in [4.69, 9.17) is 4.74 Å². The molecule has 2 rings (SSSR count). The highest BCUT2D eigenvalue weighted by Gasteiger charge is 2.04. The number of ether oxygens (including phenoxy) is 1. The van der Waals surface area contributed by atoms with Gasteiger partial charge in [-0.2, -0.15) is 0 Å². The predicted octanol–water partition coefficient (Wildman–Crippen LogP) is 2.82. The summed E-state index contributed by atoms with van der Waals surface area (Å²) >= 11 is 1.56. The van der Waals surface area contributed by atoms with Gasteiger partial charge in [0.05, 0.1) is 10.7 Å². The number of aryl methyl sites for hydroxylation is 1. The molecule has 1 aromatic heterocycles. The summed E-state index contributed by atoms with van der Waals surface area (Å²) in [6.45, 7) is 2.21. The first-order chi connectivity index (χ1) is 11.1. The molecule has 0 saturated heterocycles. The lowest BCUT2D eigenvalue weighted by Gasteiger charge is -2.00. The molecule has 0 spiro atoms. The first-order valence-electron chi connectivity index (χ1n) is 7.22. The highest BCUT2D eigenvalue weighted by atomic mass is 32.1. The minimum Gasteiger partial charge on any atom is -0.456 e. The molecular formula is C17H18N2O3S. The fourth-order valence-corrected chi connectivity index (χ4v) is 2.55. The van der Waals surface area contributed by atoms with Crippen molar-refractivity contribution in [3.63, 3.8) is 0 Å². The maximum atomic E-state index is 11.7. The van der Waals surface area contributed by atoms with Crippen molar-refractivity contribution in [2.75, 3.05) is 7.05 Å². The number of benzene rings is 1. The van der Waals surface area contributed by atoms with Crippen LogP contribution in [0.25, 0.3) is 6.08 Å². The quantitative estimate of drug-likeness (QED) is 0.653. The van der Waals surface area contributed by atoms with Crippen molar-refractivity contribution in [1.82, 2.24) is 10.3 Å². The number of rotatable bonds is 6. The highest BCUT2D eigenvalue weighted by Crippen LogP contribution is 2.11. The molecule has 1 heterocycles. The van der Waals surface area contributed by atoms with Crippen molar-refractivity contribution in [2.45, 2.75) is 20.0 Å². The Morgan fingerprint density at radius 1 is 1.30 bits per heavy atom. The molecule has 6 heteroatoms. The fourth-order valence-electron chi connectivity index (χ4n) is 1.82. The number of hydrogen-bond acceptors (Lipinski definition) is 5. The van der Waals surface area contributed by atoms with Gasteiger partial charge in [-0.25, -0.2) is 9.78 Å². The van der Waals surface area contributed by atoms with E-state index in [-0.39, 0.29) is 12.5 Å². The van der Waals surface area contributed by atoms with Crippen LogP contribution >= 0.6 is 11.3 Å². The topological polar surface area (TPSA) is 68.3 Å². The Balaban J connectivity index is 1.86. The zero-order valence-electron chi connectivity index (χ0n) is 13.0. The normalized spacial score (nSPS) is 10.7. The van der Waals surface area contributed by atoms with E-state index in [1.807, 2.05) is 12.3 Å². The summed E-state index contributed by atoms with van der Waals surface area (Å²) in [7, 11) is 1.58. The molecule has 0 aliphatic carbocycles. The Morgan fingerprint density at radius 2 is 2.04 bits per heavy atom. The van der Waals surface area contributed by atoms with Gasteiger partial charge in [-0.15, -0.1) is 11.3 Å². The van der Waals surface area contributed by atoms with E-state index in [9.17, 15) is 9.59 Å². The van der Waals surface area contributed by atoms with Gasteiger partial charge in [-0.1, -0.05) is 19.1 Å². The van der Waals surface area contributed by atoms with E-state index in [0.29, 0.717) is 5.56 Å². The number of carbonyl (C=O) groups is 2. The van der Waals surface area contributed by atoms with E-state index in [0.717, 1.165) is 22.7 Å². The van der Waals surface area contributed by atoms with Crippen molar-refractivity contribution in [3.05, 3.63) is 57.6 Å². The summed E-state index contributed by atoms with van der Waals surface area (Å²) in [5.74, 6) is -0.568. The van der Waals surface area contributed by atoms with Crippen molar-refractivity contribution in [1.29, 1.82) is 0 Å². The summed E-state index contributed by atoms with van der Waals surface area (Å²) in [5.41, 5.74) is 2.16. The summed E-state index contributed by atoms with van der Waals surface area (Å²) in [5, 5.41) is 5.48. The summed E-state index contributed by atoms with van der Waals surface area (Å²) in [6.07, 6.45) is 3.89. The molecule has 120 valence electrons. The van der Waals surface area contributed by atoms with Crippen LogP contribution in [0.2, 0.25) is 0 Å². The summed E-state index contributed by atoms with van der Waals surface area (Å²) < 4.78 is 5.14. The van der Waals surface area contributed by atoms with E-state index in [1.54, 1.807) is 48.7 Å². The number of hydrogen-bond donors (Lipinski definition) is 1. The molecule has 23 heavy (non-hydrogen) atoms. The van der Waals surface area contributed by atoms with Gasteiger partial charge in [0.2, 0.25) is 0 Å². The molecule has 0 aliphatic rings. The minimum atomic E-state index is -0.425. The Bertz CT molecular complexity index is 705. The molecule has 0 aliphatic heterocycles. The maximum Gasteiger partial charge on any atom is 0.331 e. The highest BCUT2D eigenvalue weighted by molar-refractivity contribution is 7.09. The smallest absolute Gasteiger partial charge is 0.331 e. The second-order valence-corrected chi connectivity index (χ2v) is 5.67. The number of esters is 1. The minimum absolute atomic E-state index is 0.144. The number of amides is 1. The van der Waals surface area contributed by atoms with Crippen LogP contribution in [0.1, 0.15) is 33.5 Å². The van der Waals surface area contributed by atoms with Crippen LogP contribution in [0.15, 0.2) is 35.7 Å². The molecule has 1 amide bonds. The van der Waals surface area contributed by atoms with Gasteiger partial charge in [0, 0.05) is 24.1 Å². The number of aromatic nitrogens is 1. The third-order valence-electron chi connectivity index (χ3n) is 3.08. The first-order valence-corrected chi connectivity index (χ1v) is 8.10. The van der Waals surface area contributed by atoms with Crippen molar-refractivity contribution in [3.8, 4) is 0 Å². The van der Waals surface area contributed by atoms with Gasteiger partial charge in [0.1, 0.15) is 6.61 Å². The van der Waals surface area contributed by atoms with Crippen molar-refractivity contribution < 1.29 is 14.3 Å². The Hall–Kier alpha value is -2.47. The second-order valence-electron chi connectivity index (χ2n) is 4.73. The van der Waals surface area contributed by atoms with Crippen LogP contribution in [0.5, 0.6) is 0 Å². The largest absolute Gasteiger partial charge is 0.456 e. The van der Waals surface area contributed by atoms with Crippen LogP contribution in [0.4, 0.5) is 0 Å². The van der Waals surface area contributed by atoms with Gasteiger partial charge in [-0.3, -0.25) is 4.79 Å². The Kier molecular flexibility index (Phi) is 6.05. The standard InChI is InChI=1S/C17H18N2O3S/c1-3-15-19-14(11-23-15)10-22-16(20)9-6-12-4-7-13(8-5-12)17(21)18-2/h4-9,11H,3,10H2,1-2H3,(H,18,21)/b9-6+. The molecule has 0 bridgehead atoms. The van der Waals surface area contributed by atoms with Crippen LogP contribution in [-0.2, 0) is 22.6 Å². The Labute approximate surface area is 139 Å². The van der Waals surface area contributed by atoms with Crippen LogP contribution in [-0.4, -0.2) is 23.9 Å². The van der Waals surface area contributed by atoms with E-state index in [2.05, 4.69) is 10.3 Å². The lowest BCUT2D eigenvalue weighted by molar-refractivity contribution is -0.139. The molecule has 0 unspecified atom stereocenters. The predicted molar refractivity (Wildman–Crippen MR) is 90.2 cm³/mol. The SMILES string of the molecule is CCc1nc(COC(=O)/C=C/c2ccc(C(=O)NC)cc2)cs1. The zero-order valence-corrected chi connectivity index (χ0v) is 13.9. The fraction of sp³-hybridized carbons (Fsp3) is 0.235. The molecule has 2 aromatic rings. The number of thiazole rings is 1. The van der Waals surface area contributed by atoms with Crippen LogP contribution in [0.3, 0.4) is 0 Å². The molecule has 0 saturated carbocycles. The van der Waals surface area contributed by atoms with E-state index < -0.39 is 5.97 Å². The molecule has 0 fully saturated rings. The van der Waals surface area contributed by atoms with Gasteiger partial charge in [0.25, 0.3) is 5.91 Å². The van der Waals surface area contributed by atoms with E-state index >= 15 is 0 Å². The third-order valence-corrected chi connectivity index (χ3v) is 4.12. The average molecular weight is 330 g/mol. The molecular weight excluding hydrogens is 312 g/mol. The molecule has 0 atom stereocenters. The first kappa shape index (κ1) is 16.9. The van der Waals surface area contributed by atoms with Crippen molar-refractivity contribution in [2.24, 2.45) is 0 Å². The van der Waals surface area contributed by atoms with Gasteiger partial charge in [-0.05, 0) is 30.2 Å². The number of nitrogens with one attached hydrogen (secondary N) is 1. The Morgan fingerprint density at radius 3 is 2.65 bits per heavy atom. The monoisotopic (exact) mass is 330 g/mol. The average Bonchev–Trinajstić information content (AvgIpc) is 3.06. The molecule has 1 N–H and O–H groups in total. The number of carbonyl (C=O) groups excluding carboxylic acids is 2. The lowest BCUT2D eigenvalue weighted by Crippen LogP contribution is -2.17. The molecule has 0 radical (unpaired) electrons. The number of nitrogens with zero attached hydrogens (tertiary/aromatic N) is 1. The van der Waals surface area contributed by atoms with Crippen molar-refractivity contribution >= 4 is 29.3 Å². The van der Waals surface area contributed by atoms with Gasteiger partial charge in [0.15, 0.2) is 0 Å². The summed E-state index contributed by atoms with van der Waals surface area (Å²) in [4.78, 5) is 27.4. The van der Waals surface area contributed by atoms with Gasteiger partial charge >= 0.3 is 5.97 Å². The van der Waals surface area contributed by atoms with Gasteiger partial charge < -0.3 is 10.1 Å². The zero-order chi connectivity index (χ0) is 16.7. The summed E-state index contributed by atoms with van der Waals surface area (Å²) in [6, 6.07) is 6.93. The van der Waals surface area contributed by atoms with E-state index in [1.165, 1.54) is 6.08 Å². The lowest BCUT2D eigenvalue weighted by atomic mass is 10.1. The third kappa shape index (κ3) is 5.03.